The van der Waals surface area contributed by atoms with Crippen LogP contribution in [0.15, 0.2) is 89.4 Å². The molecule has 2 atom stereocenters. The van der Waals surface area contributed by atoms with Gasteiger partial charge in [0.1, 0.15) is 11.8 Å². The SMILES string of the molecule is CC[C@H](C)NC(=O)[C@@H](Cc1ccccc1)N(Cc1ccc(Br)cc1)C(=O)COc1ccccc1. The molecular formula is C28H31BrN2O3. The van der Waals surface area contributed by atoms with Crippen molar-refractivity contribution in [1.29, 1.82) is 0 Å². The van der Waals surface area contributed by atoms with Gasteiger partial charge < -0.3 is 15.0 Å². The highest BCUT2D eigenvalue weighted by molar-refractivity contribution is 9.10. The van der Waals surface area contributed by atoms with E-state index in [1.54, 1.807) is 4.90 Å². The molecule has 3 rings (SSSR count). The van der Waals surface area contributed by atoms with E-state index in [-0.39, 0.29) is 24.5 Å². The normalized spacial score (nSPS) is 12.4. The van der Waals surface area contributed by atoms with Crippen molar-refractivity contribution in [3.63, 3.8) is 0 Å². The van der Waals surface area contributed by atoms with Gasteiger partial charge in [0.05, 0.1) is 0 Å². The first-order valence-corrected chi connectivity index (χ1v) is 12.3. The van der Waals surface area contributed by atoms with Crippen molar-refractivity contribution in [3.05, 3.63) is 101 Å². The molecule has 0 unspecified atom stereocenters. The third-order valence-electron chi connectivity index (χ3n) is 5.64. The zero-order chi connectivity index (χ0) is 24.3. The molecule has 3 aromatic rings. The van der Waals surface area contributed by atoms with Crippen molar-refractivity contribution in [2.24, 2.45) is 0 Å². The maximum atomic E-state index is 13.5. The molecule has 3 aromatic carbocycles. The number of para-hydroxylation sites is 1. The third-order valence-corrected chi connectivity index (χ3v) is 6.17. The molecule has 0 bridgehead atoms. The molecule has 0 fully saturated rings. The number of rotatable bonds is 11. The van der Waals surface area contributed by atoms with Gasteiger partial charge in [-0.3, -0.25) is 9.59 Å². The smallest absolute Gasteiger partial charge is 0.261 e. The second kappa shape index (κ2) is 12.9. The lowest BCUT2D eigenvalue weighted by Crippen LogP contribution is -2.53. The van der Waals surface area contributed by atoms with E-state index in [0.29, 0.717) is 18.7 Å². The summed E-state index contributed by atoms with van der Waals surface area (Å²) in [4.78, 5) is 28.6. The van der Waals surface area contributed by atoms with E-state index in [1.165, 1.54) is 0 Å². The van der Waals surface area contributed by atoms with Crippen LogP contribution in [0.1, 0.15) is 31.4 Å². The van der Waals surface area contributed by atoms with Gasteiger partial charge in [-0.1, -0.05) is 83.5 Å². The number of benzene rings is 3. The second-order valence-electron chi connectivity index (χ2n) is 8.27. The van der Waals surface area contributed by atoms with Gasteiger partial charge in [-0.25, -0.2) is 0 Å². The van der Waals surface area contributed by atoms with Crippen LogP contribution in [0.5, 0.6) is 5.75 Å². The lowest BCUT2D eigenvalue weighted by atomic mass is 10.0. The fourth-order valence-electron chi connectivity index (χ4n) is 3.53. The molecule has 0 aliphatic heterocycles. The summed E-state index contributed by atoms with van der Waals surface area (Å²) >= 11 is 3.46. The first kappa shape index (κ1) is 25.5. The number of hydrogen-bond acceptors (Lipinski definition) is 3. The zero-order valence-corrected chi connectivity index (χ0v) is 21.2. The van der Waals surface area contributed by atoms with E-state index >= 15 is 0 Å². The Hall–Kier alpha value is -3.12. The highest BCUT2D eigenvalue weighted by Crippen LogP contribution is 2.18. The summed E-state index contributed by atoms with van der Waals surface area (Å²) in [6.45, 7) is 4.14. The van der Waals surface area contributed by atoms with Crippen molar-refractivity contribution in [3.8, 4) is 5.75 Å². The van der Waals surface area contributed by atoms with Crippen molar-refractivity contribution >= 4 is 27.7 Å². The number of nitrogens with one attached hydrogen (secondary N) is 1. The summed E-state index contributed by atoms with van der Waals surface area (Å²) in [6, 6.07) is 26.1. The fraction of sp³-hybridized carbons (Fsp3) is 0.286. The van der Waals surface area contributed by atoms with Gasteiger partial charge in [-0.15, -0.1) is 0 Å². The van der Waals surface area contributed by atoms with Crippen LogP contribution in [0.3, 0.4) is 0 Å². The molecule has 1 N–H and O–H groups in total. The Bertz CT molecular complexity index is 1040. The molecule has 2 amide bonds. The predicted octanol–water partition coefficient (Wildman–Crippen LogP) is 5.38. The zero-order valence-electron chi connectivity index (χ0n) is 19.6. The molecule has 0 radical (unpaired) electrons. The minimum atomic E-state index is -0.674. The van der Waals surface area contributed by atoms with Crippen molar-refractivity contribution in [2.75, 3.05) is 6.61 Å². The summed E-state index contributed by atoms with van der Waals surface area (Å²) < 4.78 is 6.71. The number of nitrogens with zero attached hydrogens (tertiary/aromatic N) is 1. The lowest BCUT2D eigenvalue weighted by molar-refractivity contribution is -0.143. The fourth-order valence-corrected chi connectivity index (χ4v) is 3.79. The van der Waals surface area contributed by atoms with E-state index in [9.17, 15) is 9.59 Å². The van der Waals surface area contributed by atoms with Crippen molar-refractivity contribution < 1.29 is 14.3 Å². The van der Waals surface area contributed by atoms with Gasteiger partial charge in [0.25, 0.3) is 5.91 Å². The average Bonchev–Trinajstić information content (AvgIpc) is 2.87. The molecule has 0 saturated heterocycles. The number of hydrogen-bond donors (Lipinski definition) is 1. The van der Waals surface area contributed by atoms with Crippen LogP contribution in [0, 0.1) is 0 Å². The van der Waals surface area contributed by atoms with Crippen molar-refractivity contribution in [1.82, 2.24) is 10.2 Å². The second-order valence-corrected chi connectivity index (χ2v) is 9.19. The molecule has 178 valence electrons. The summed E-state index contributed by atoms with van der Waals surface area (Å²) in [5.41, 5.74) is 1.93. The molecule has 34 heavy (non-hydrogen) atoms. The highest BCUT2D eigenvalue weighted by Gasteiger charge is 2.31. The Balaban J connectivity index is 1.90. The number of halogens is 1. The van der Waals surface area contributed by atoms with Crippen LogP contribution in [0.2, 0.25) is 0 Å². The lowest BCUT2D eigenvalue weighted by Gasteiger charge is -2.32. The van der Waals surface area contributed by atoms with Gasteiger partial charge in [-0.2, -0.15) is 0 Å². The maximum Gasteiger partial charge on any atom is 0.261 e. The average molecular weight is 523 g/mol. The monoisotopic (exact) mass is 522 g/mol. The Morgan fingerprint density at radius 2 is 1.53 bits per heavy atom. The van der Waals surface area contributed by atoms with E-state index < -0.39 is 6.04 Å². The maximum absolute atomic E-state index is 13.5. The molecule has 5 nitrogen and oxygen atoms in total. The number of carbonyl (C=O) groups is 2. The largest absolute Gasteiger partial charge is 0.484 e. The summed E-state index contributed by atoms with van der Waals surface area (Å²) in [6.07, 6.45) is 1.22. The Morgan fingerprint density at radius 3 is 2.15 bits per heavy atom. The summed E-state index contributed by atoms with van der Waals surface area (Å²) in [5, 5.41) is 3.07. The van der Waals surface area contributed by atoms with Gasteiger partial charge in [-0.05, 0) is 48.7 Å². The van der Waals surface area contributed by atoms with E-state index in [4.69, 9.17) is 4.74 Å². The summed E-state index contributed by atoms with van der Waals surface area (Å²) in [5.74, 6) is 0.207. The van der Waals surface area contributed by atoms with Gasteiger partial charge in [0, 0.05) is 23.5 Å². The number of carbonyl (C=O) groups excluding carboxylic acids is 2. The van der Waals surface area contributed by atoms with E-state index in [2.05, 4.69) is 21.2 Å². The molecule has 6 heteroatoms. The minimum absolute atomic E-state index is 0.0102. The van der Waals surface area contributed by atoms with Crippen LogP contribution < -0.4 is 10.1 Å². The topological polar surface area (TPSA) is 58.6 Å². The van der Waals surface area contributed by atoms with Crippen LogP contribution in [0.4, 0.5) is 0 Å². The standard InChI is InChI=1S/C28H31BrN2O3/c1-3-21(2)30-28(33)26(18-22-10-6-4-7-11-22)31(19-23-14-16-24(29)17-15-23)27(32)20-34-25-12-8-5-9-13-25/h4-17,21,26H,3,18-20H2,1-2H3,(H,30,33)/t21-,26+/m0/s1. The number of ether oxygens (including phenoxy) is 1. The molecule has 0 heterocycles. The van der Waals surface area contributed by atoms with Crippen LogP contribution in [-0.4, -0.2) is 35.4 Å². The van der Waals surface area contributed by atoms with Crippen LogP contribution in [-0.2, 0) is 22.6 Å². The molecule has 0 spiro atoms. The Labute approximate surface area is 210 Å². The molecule has 0 aliphatic carbocycles. The molecule has 0 saturated carbocycles. The van der Waals surface area contributed by atoms with Gasteiger partial charge in [0.2, 0.25) is 5.91 Å². The first-order chi connectivity index (χ1) is 16.5. The first-order valence-electron chi connectivity index (χ1n) is 11.5. The molecular weight excluding hydrogens is 492 g/mol. The van der Waals surface area contributed by atoms with Gasteiger partial charge in [0.15, 0.2) is 6.61 Å². The third kappa shape index (κ3) is 7.73. The molecule has 0 aliphatic rings. The van der Waals surface area contributed by atoms with E-state index in [0.717, 1.165) is 22.0 Å². The van der Waals surface area contributed by atoms with Crippen LogP contribution >= 0.6 is 15.9 Å². The number of amides is 2. The molecule has 0 aromatic heterocycles. The Kier molecular flexibility index (Phi) is 9.71. The Morgan fingerprint density at radius 1 is 0.912 bits per heavy atom. The minimum Gasteiger partial charge on any atom is -0.484 e. The highest BCUT2D eigenvalue weighted by atomic mass is 79.9. The predicted molar refractivity (Wildman–Crippen MR) is 138 cm³/mol. The van der Waals surface area contributed by atoms with Gasteiger partial charge >= 0.3 is 0 Å². The quantitative estimate of drug-likeness (QED) is 0.367. The summed E-state index contributed by atoms with van der Waals surface area (Å²) in [7, 11) is 0. The van der Waals surface area contributed by atoms with Crippen LogP contribution in [0.25, 0.3) is 0 Å². The van der Waals surface area contributed by atoms with Crippen molar-refractivity contribution in [2.45, 2.75) is 45.3 Å². The van der Waals surface area contributed by atoms with E-state index in [1.807, 2.05) is 98.8 Å².